The van der Waals surface area contributed by atoms with Gasteiger partial charge in [0.2, 0.25) is 0 Å². The van der Waals surface area contributed by atoms with E-state index in [1.54, 1.807) is 0 Å². The number of fused-ring (bicyclic) bond motifs is 1. The van der Waals surface area contributed by atoms with Crippen LogP contribution in [0.5, 0.6) is 5.75 Å². The minimum atomic E-state index is -5.91. The van der Waals surface area contributed by atoms with E-state index >= 15 is 0 Å². The van der Waals surface area contributed by atoms with Crippen molar-refractivity contribution in [2.45, 2.75) is 18.9 Å². The lowest BCUT2D eigenvalue weighted by molar-refractivity contribution is -0.0500. The maximum absolute atomic E-state index is 12.5. The molecule has 0 radical (unpaired) electrons. The van der Waals surface area contributed by atoms with E-state index in [2.05, 4.69) is 14.5 Å². The molecular formula is C12H10F3N3O5S2. The van der Waals surface area contributed by atoms with E-state index in [0.29, 0.717) is 0 Å². The van der Waals surface area contributed by atoms with Crippen molar-refractivity contribution in [3.63, 3.8) is 0 Å². The summed E-state index contributed by atoms with van der Waals surface area (Å²) >= 11 is 0.857. The normalized spacial score (nSPS) is 12.2. The number of carbonyl (C=O) groups excluding carboxylic acids is 2. The molecule has 13 heteroatoms. The number of rotatable bonds is 5. The van der Waals surface area contributed by atoms with Crippen LogP contribution in [0.3, 0.4) is 0 Å². The standard InChI is InChI=1S/C12H10F3N3O5S2/c1-2-8(19)6-3-5(23-25(21,22)12(13,14)15)4-7-9(6)24-11(17-7)18-10(16)20/h3-4H,2H2,1H3,(H3,16,17,18,20). The van der Waals surface area contributed by atoms with Crippen LogP contribution >= 0.6 is 11.3 Å². The zero-order chi connectivity index (χ0) is 19.0. The number of aromatic nitrogens is 1. The molecule has 25 heavy (non-hydrogen) atoms. The van der Waals surface area contributed by atoms with Gasteiger partial charge in [0.1, 0.15) is 5.75 Å². The van der Waals surface area contributed by atoms with Crippen LogP contribution in [0, 0.1) is 0 Å². The van der Waals surface area contributed by atoms with E-state index in [9.17, 15) is 31.2 Å². The number of halogens is 3. The highest BCUT2D eigenvalue weighted by Gasteiger charge is 2.48. The lowest BCUT2D eigenvalue weighted by Crippen LogP contribution is -2.28. The molecule has 0 saturated heterocycles. The highest BCUT2D eigenvalue weighted by atomic mass is 32.2. The fraction of sp³-hybridized carbons (Fsp3) is 0.250. The smallest absolute Gasteiger partial charge is 0.376 e. The Morgan fingerprint density at radius 2 is 2.00 bits per heavy atom. The number of thiazole rings is 1. The maximum atomic E-state index is 12.5. The van der Waals surface area contributed by atoms with Crippen molar-refractivity contribution < 1.29 is 35.4 Å². The van der Waals surface area contributed by atoms with Crippen molar-refractivity contribution in [1.82, 2.24) is 4.98 Å². The number of primary amides is 1. The number of anilines is 1. The molecule has 1 heterocycles. The zero-order valence-electron chi connectivity index (χ0n) is 12.4. The Labute approximate surface area is 142 Å². The molecule has 0 atom stereocenters. The molecule has 8 nitrogen and oxygen atoms in total. The zero-order valence-corrected chi connectivity index (χ0v) is 14.0. The molecular weight excluding hydrogens is 387 g/mol. The summed E-state index contributed by atoms with van der Waals surface area (Å²) in [4.78, 5) is 26.8. The highest BCUT2D eigenvalue weighted by molar-refractivity contribution is 7.88. The first-order valence-electron chi connectivity index (χ1n) is 6.49. The fourth-order valence-electron chi connectivity index (χ4n) is 1.79. The van der Waals surface area contributed by atoms with E-state index < -0.39 is 33.2 Å². The summed E-state index contributed by atoms with van der Waals surface area (Å²) in [7, 11) is -5.91. The van der Waals surface area contributed by atoms with Gasteiger partial charge in [-0.25, -0.2) is 9.78 Å². The molecule has 0 saturated carbocycles. The van der Waals surface area contributed by atoms with Crippen LogP contribution < -0.4 is 15.2 Å². The van der Waals surface area contributed by atoms with Gasteiger partial charge in [0, 0.05) is 18.1 Å². The average Bonchev–Trinajstić information content (AvgIpc) is 2.85. The second-order valence-corrected chi connectivity index (χ2v) is 7.12. The lowest BCUT2D eigenvalue weighted by atomic mass is 10.1. The Morgan fingerprint density at radius 3 is 2.52 bits per heavy atom. The van der Waals surface area contributed by atoms with E-state index in [1.807, 2.05) is 0 Å². The first-order valence-corrected chi connectivity index (χ1v) is 8.72. The molecule has 2 rings (SSSR count). The predicted octanol–water partition coefficient (Wildman–Crippen LogP) is 2.61. The minimum Gasteiger partial charge on any atom is -0.376 e. The van der Waals surface area contributed by atoms with Crippen molar-refractivity contribution in [1.29, 1.82) is 0 Å². The molecule has 1 aromatic carbocycles. The van der Waals surface area contributed by atoms with Gasteiger partial charge in [0.25, 0.3) is 0 Å². The number of benzene rings is 1. The first-order chi connectivity index (χ1) is 11.4. The van der Waals surface area contributed by atoms with E-state index in [1.165, 1.54) is 6.92 Å². The average molecular weight is 397 g/mol. The third-order valence-corrected chi connectivity index (χ3v) is 4.80. The van der Waals surface area contributed by atoms with Gasteiger partial charge < -0.3 is 9.92 Å². The minimum absolute atomic E-state index is 0.00105. The Morgan fingerprint density at radius 1 is 1.36 bits per heavy atom. The van der Waals surface area contributed by atoms with Crippen LogP contribution in [0.2, 0.25) is 0 Å². The maximum Gasteiger partial charge on any atom is 0.534 e. The molecule has 3 N–H and O–H groups in total. The van der Waals surface area contributed by atoms with Crippen LogP contribution in [-0.2, 0) is 10.1 Å². The van der Waals surface area contributed by atoms with Gasteiger partial charge in [0.15, 0.2) is 10.9 Å². The number of hydrogen-bond donors (Lipinski definition) is 2. The molecule has 0 fully saturated rings. The number of Topliss-reactive ketones (excluding diaryl/α,β-unsaturated/α-hetero) is 1. The van der Waals surface area contributed by atoms with Crippen molar-refractivity contribution >= 4 is 48.6 Å². The molecule has 0 aliphatic carbocycles. The monoisotopic (exact) mass is 397 g/mol. The van der Waals surface area contributed by atoms with Gasteiger partial charge in [-0.3, -0.25) is 10.1 Å². The van der Waals surface area contributed by atoms with Crippen LogP contribution in [0.15, 0.2) is 12.1 Å². The fourth-order valence-corrected chi connectivity index (χ4v) is 3.21. The quantitative estimate of drug-likeness (QED) is 0.453. The number of nitrogens with two attached hydrogens (primary N) is 1. The first kappa shape index (κ1) is 18.9. The molecule has 0 aliphatic heterocycles. The van der Waals surface area contributed by atoms with Gasteiger partial charge in [0.05, 0.1) is 10.2 Å². The summed E-state index contributed by atoms with van der Waals surface area (Å²) in [6.45, 7) is 1.51. The molecule has 2 amide bonds. The second kappa shape index (κ2) is 6.48. The molecule has 1 aromatic heterocycles. The molecule has 0 bridgehead atoms. The molecule has 136 valence electrons. The van der Waals surface area contributed by atoms with Gasteiger partial charge in [-0.15, -0.1) is 0 Å². The summed E-state index contributed by atoms with van der Waals surface area (Å²) < 4.78 is 63.9. The SMILES string of the molecule is CCC(=O)c1cc(OS(=O)(=O)C(F)(F)F)cc2nc(NC(N)=O)sc12. The van der Waals surface area contributed by atoms with E-state index in [4.69, 9.17) is 5.73 Å². The number of nitrogens with zero attached hydrogens (tertiary/aromatic N) is 1. The van der Waals surface area contributed by atoms with Gasteiger partial charge in [-0.1, -0.05) is 18.3 Å². The summed E-state index contributed by atoms with van der Waals surface area (Å²) in [6, 6.07) is 0.857. The summed E-state index contributed by atoms with van der Waals surface area (Å²) in [5.41, 5.74) is -0.784. The van der Waals surface area contributed by atoms with Gasteiger partial charge in [-0.05, 0) is 6.07 Å². The summed E-state index contributed by atoms with van der Waals surface area (Å²) in [5, 5.41) is 2.16. The number of nitrogens with one attached hydrogen (secondary N) is 1. The molecule has 0 spiro atoms. The van der Waals surface area contributed by atoms with Crippen molar-refractivity contribution in [2.75, 3.05) is 5.32 Å². The number of urea groups is 1. The third kappa shape index (κ3) is 3.99. The van der Waals surface area contributed by atoms with E-state index in [-0.39, 0.29) is 27.3 Å². The van der Waals surface area contributed by atoms with Gasteiger partial charge >= 0.3 is 21.7 Å². The number of hydrogen-bond acceptors (Lipinski definition) is 7. The number of alkyl halides is 3. The van der Waals surface area contributed by atoms with E-state index in [0.717, 1.165) is 23.5 Å². The largest absolute Gasteiger partial charge is 0.534 e. The van der Waals surface area contributed by atoms with Crippen molar-refractivity contribution in [3.8, 4) is 5.75 Å². The predicted molar refractivity (Wildman–Crippen MR) is 83.1 cm³/mol. The molecule has 0 aliphatic rings. The van der Waals surface area contributed by atoms with Crippen LogP contribution in [0.4, 0.5) is 23.1 Å². The van der Waals surface area contributed by atoms with Gasteiger partial charge in [-0.2, -0.15) is 21.6 Å². The Balaban J connectivity index is 2.59. The third-order valence-electron chi connectivity index (χ3n) is 2.80. The second-order valence-electron chi connectivity index (χ2n) is 4.59. The molecule has 2 aromatic rings. The Kier molecular flexibility index (Phi) is 4.90. The number of amides is 2. The topological polar surface area (TPSA) is 128 Å². The Bertz CT molecular complexity index is 953. The van der Waals surface area contributed by atoms with Crippen LogP contribution in [0.25, 0.3) is 10.2 Å². The number of ketones is 1. The number of carbonyl (C=O) groups is 2. The van der Waals surface area contributed by atoms with Crippen molar-refractivity contribution in [3.05, 3.63) is 17.7 Å². The van der Waals surface area contributed by atoms with Crippen LogP contribution in [-0.4, -0.2) is 30.7 Å². The Hall–Kier alpha value is -2.41. The summed E-state index contributed by atoms with van der Waals surface area (Å²) in [5.74, 6) is -1.20. The van der Waals surface area contributed by atoms with Crippen molar-refractivity contribution in [2.24, 2.45) is 5.73 Å². The highest BCUT2D eigenvalue weighted by Crippen LogP contribution is 2.35. The lowest BCUT2D eigenvalue weighted by Gasteiger charge is -2.10. The van der Waals surface area contributed by atoms with Crippen LogP contribution in [0.1, 0.15) is 23.7 Å². The molecule has 0 unspecified atom stereocenters. The summed E-state index contributed by atoms with van der Waals surface area (Å²) in [6.07, 6.45) is 0.00105.